The van der Waals surface area contributed by atoms with Crippen LogP contribution in [0.1, 0.15) is 30.2 Å². The minimum absolute atomic E-state index is 0.274. The number of aromatic nitrogens is 1. The molecule has 1 heterocycles. The summed E-state index contributed by atoms with van der Waals surface area (Å²) >= 11 is 10.9. The van der Waals surface area contributed by atoms with E-state index in [0.29, 0.717) is 5.56 Å². The van der Waals surface area contributed by atoms with E-state index in [9.17, 15) is 14.3 Å². The first kappa shape index (κ1) is 20.0. The second-order valence-corrected chi connectivity index (χ2v) is 7.82. The summed E-state index contributed by atoms with van der Waals surface area (Å²) in [6.45, 7) is -0.957. The average Bonchev–Trinajstić information content (AvgIpc) is 3.44. The molecule has 1 aromatic carbocycles. The number of alkyl halides is 3. The van der Waals surface area contributed by atoms with Crippen LogP contribution in [0.25, 0.3) is 11.1 Å². The fourth-order valence-corrected chi connectivity index (χ4v) is 2.93. The first-order valence-corrected chi connectivity index (χ1v) is 9.39. The summed E-state index contributed by atoms with van der Waals surface area (Å²) in [7, 11) is 0. The molecule has 3 rings (SSSR count). The lowest BCUT2D eigenvalue weighted by molar-refractivity contribution is -0.121. The maximum Gasteiger partial charge on any atom is 0.253 e. The van der Waals surface area contributed by atoms with Crippen LogP contribution in [-0.2, 0) is 10.3 Å². The molecule has 144 valence electrons. The van der Waals surface area contributed by atoms with E-state index in [0.717, 1.165) is 29.7 Å². The van der Waals surface area contributed by atoms with E-state index in [-0.39, 0.29) is 5.54 Å². The molecular weight excluding hydrogens is 392 g/mol. The molecule has 5 nitrogen and oxygen atoms in total. The van der Waals surface area contributed by atoms with E-state index < -0.39 is 29.6 Å². The Morgan fingerprint density at radius 2 is 1.85 bits per heavy atom. The van der Waals surface area contributed by atoms with Crippen LogP contribution in [0, 0.1) is 0 Å². The predicted octanol–water partition coefficient (Wildman–Crippen LogP) is 2.99. The molecule has 0 unspecified atom stereocenters. The Morgan fingerprint density at radius 3 is 2.33 bits per heavy atom. The van der Waals surface area contributed by atoms with Gasteiger partial charge in [-0.25, -0.2) is 4.39 Å². The van der Waals surface area contributed by atoms with Crippen molar-refractivity contribution < 1.29 is 14.3 Å². The fraction of sp³-hybridized carbons (Fsp3) is 0.368. The maximum absolute atomic E-state index is 13.2. The molecule has 4 N–H and O–H groups in total. The standard InChI is InChI=1S/C19H20Cl2FN3O2/c20-17(21)18(27)25-14(9-22)16(26)12-3-1-11(2-4-12)13-5-6-15(24-10-13)19(23)7-8-19/h1-6,10,14,16-17,26H,7-9,23H2,(H,25,27)/t14-,16-/m1/s1. The number of carbonyl (C=O) groups is 1. The van der Waals surface area contributed by atoms with Gasteiger partial charge in [0.05, 0.1) is 17.3 Å². The molecule has 27 heavy (non-hydrogen) atoms. The summed E-state index contributed by atoms with van der Waals surface area (Å²) in [5.41, 5.74) is 9.02. The van der Waals surface area contributed by atoms with Gasteiger partial charge in [0.1, 0.15) is 12.8 Å². The highest BCUT2D eigenvalue weighted by atomic mass is 35.5. The Hall–Kier alpha value is -1.73. The molecule has 0 spiro atoms. The lowest BCUT2D eigenvalue weighted by Gasteiger charge is -2.22. The highest BCUT2D eigenvalue weighted by Gasteiger charge is 2.41. The first-order valence-electron chi connectivity index (χ1n) is 8.52. The zero-order valence-electron chi connectivity index (χ0n) is 14.4. The zero-order chi connectivity index (χ0) is 19.6. The molecule has 0 saturated heterocycles. The van der Waals surface area contributed by atoms with Gasteiger partial charge in [0.2, 0.25) is 0 Å². The van der Waals surface area contributed by atoms with Crippen LogP contribution in [0.2, 0.25) is 0 Å². The number of hydrogen-bond acceptors (Lipinski definition) is 4. The molecule has 0 bridgehead atoms. The van der Waals surface area contributed by atoms with Crippen molar-refractivity contribution in [3.63, 3.8) is 0 Å². The molecule has 1 aliphatic rings. The summed E-state index contributed by atoms with van der Waals surface area (Å²) in [6, 6.07) is 9.69. The van der Waals surface area contributed by atoms with Crippen molar-refractivity contribution in [3.05, 3.63) is 53.9 Å². The molecule has 0 aliphatic heterocycles. The minimum atomic E-state index is -1.33. The second kappa shape index (κ2) is 8.10. The Kier molecular flexibility index (Phi) is 6.01. The van der Waals surface area contributed by atoms with Crippen LogP contribution in [0.5, 0.6) is 0 Å². The predicted molar refractivity (Wildman–Crippen MR) is 103 cm³/mol. The maximum atomic E-state index is 13.2. The summed E-state index contributed by atoms with van der Waals surface area (Å²) in [4.78, 5) is 14.6. The van der Waals surface area contributed by atoms with Gasteiger partial charge in [0.25, 0.3) is 5.91 Å². The molecule has 2 aromatic rings. The number of benzene rings is 1. The molecule has 1 amide bonds. The van der Waals surface area contributed by atoms with Crippen molar-refractivity contribution in [2.45, 2.75) is 35.4 Å². The fourth-order valence-electron chi connectivity index (χ4n) is 2.80. The van der Waals surface area contributed by atoms with Crippen LogP contribution < -0.4 is 11.1 Å². The van der Waals surface area contributed by atoms with Gasteiger partial charge in [-0.1, -0.05) is 53.5 Å². The Labute approximate surface area is 166 Å². The van der Waals surface area contributed by atoms with E-state index in [1.807, 2.05) is 12.1 Å². The third-order valence-electron chi connectivity index (χ3n) is 4.72. The smallest absolute Gasteiger partial charge is 0.253 e. The molecular formula is C19H20Cl2FN3O2. The Balaban J connectivity index is 1.71. The van der Waals surface area contributed by atoms with Gasteiger partial charge >= 0.3 is 0 Å². The lowest BCUT2D eigenvalue weighted by atomic mass is 9.99. The number of hydrogen-bond donors (Lipinski definition) is 3. The van der Waals surface area contributed by atoms with E-state index in [1.54, 1.807) is 30.5 Å². The van der Waals surface area contributed by atoms with E-state index in [1.165, 1.54) is 0 Å². The third kappa shape index (κ3) is 4.58. The minimum Gasteiger partial charge on any atom is -0.386 e. The van der Waals surface area contributed by atoms with Gasteiger partial charge in [-0.05, 0) is 30.0 Å². The molecule has 1 fully saturated rings. The second-order valence-electron chi connectivity index (χ2n) is 6.73. The van der Waals surface area contributed by atoms with Gasteiger partial charge in [0, 0.05) is 11.8 Å². The van der Waals surface area contributed by atoms with E-state index in [2.05, 4.69) is 10.3 Å². The summed E-state index contributed by atoms with van der Waals surface area (Å²) in [5, 5.41) is 12.6. The molecule has 8 heteroatoms. The monoisotopic (exact) mass is 411 g/mol. The van der Waals surface area contributed by atoms with Crippen molar-refractivity contribution in [2.75, 3.05) is 6.67 Å². The first-order chi connectivity index (χ1) is 12.8. The number of nitrogens with zero attached hydrogens (tertiary/aromatic N) is 1. The summed E-state index contributed by atoms with van der Waals surface area (Å²) < 4.78 is 13.2. The normalized spacial score (nSPS) is 17.4. The topological polar surface area (TPSA) is 88.2 Å². The van der Waals surface area contributed by atoms with Gasteiger partial charge in [-0.2, -0.15) is 0 Å². The highest BCUT2D eigenvalue weighted by Crippen LogP contribution is 2.41. The van der Waals surface area contributed by atoms with Gasteiger partial charge in [-0.15, -0.1) is 0 Å². The number of aliphatic hydroxyl groups is 1. The molecule has 1 aromatic heterocycles. The quantitative estimate of drug-likeness (QED) is 0.611. The molecule has 1 aliphatic carbocycles. The Morgan fingerprint density at radius 1 is 1.22 bits per heavy atom. The highest BCUT2D eigenvalue weighted by molar-refractivity contribution is 6.53. The molecule has 2 atom stereocenters. The van der Waals surface area contributed by atoms with Crippen molar-refractivity contribution in [3.8, 4) is 11.1 Å². The van der Waals surface area contributed by atoms with Crippen LogP contribution >= 0.6 is 23.2 Å². The van der Waals surface area contributed by atoms with Crippen molar-refractivity contribution in [2.24, 2.45) is 5.73 Å². The summed E-state index contributed by atoms with van der Waals surface area (Å²) in [6.07, 6.45) is 2.44. The van der Waals surface area contributed by atoms with Gasteiger partial charge in [0.15, 0.2) is 4.84 Å². The largest absolute Gasteiger partial charge is 0.386 e. The average molecular weight is 412 g/mol. The lowest BCUT2D eigenvalue weighted by Crippen LogP contribution is -2.43. The number of pyridine rings is 1. The Bertz CT molecular complexity index is 796. The molecule has 1 saturated carbocycles. The number of carbonyl (C=O) groups excluding carboxylic acids is 1. The van der Waals surface area contributed by atoms with Crippen LogP contribution in [0.15, 0.2) is 42.6 Å². The van der Waals surface area contributed by atoms with Crippen LogP contribution in [-0.4, -0.2) is 33.6 Å². The third-order valence-corrected chi connectivity index (χ3v) is 5.12. The zero-order valence-corrected chi connectivity index (χ0v) is 15.9. The number of nitrogens with two attached hydrogens (primary N) is 1. The number of aliphatic hydroxyl groups excluding tert-OH is 1. The van der Waals surface area contributed by atoms with Crippen molar-refractivity contribution >= 4 is 29.1 Å². The number of rotatable bonds is 7. The van der Waals surface area contributed by atoms with Crippen molar-refractivity contribution in [1.29, 1.82) is 0 Å². The van der Waals surface area contributed by atoms with Crippen LogP contribution in [0.3, 0.4) is 0 Å². The van der Waals surface area contributed by atoms with Gasteiger partial charge in [-0.3, -0.25) is 9.78 Å². The van der Waals surface area contributed by atoms with Gasteiger partial charge < -0.3 is 16.2 Å². The van der Waals surface area contributed by atoms with Crippen LogP contribution in [0.4, 0.5) is 4.39 Å². The number of halogens is 3. The number of amides is 1. The van der Waals surface area contributed by atoms with E-state index in [4.69, 9.17) is 28.9 Å². The van der Waals surface area contributed by atoms with Crippen molar-refractivity contribution in [1.82, 2.24) is 10.3 Å². The summed E-state index contributed by atoms with van der Waals surface area (Å²) in [5.74, 6) is -0.754. The number of nitrogens with one attached hydrogen (secondary N) is 1. The van der Waals surface area contributed by atoms with E-state index >= 15 is 0 Å². The molecule has 0 radical (unpaired) electrons. The SMILES string of the molecule is NC1(c2ccc(-c3ccc([C@@H](O)[C@@H](CF)NC(=O)C(Cl)Cl)cc3)cn2)CC1.